The van der Waals surface area contributed by atoms with Crippen LogP contribution in [0.3, 0.4) is 0 Å². The first-order valence-electron chi connectivity index (χ1n) is 5.83. The lowest BCUT2D eigenvalue weighted by atomic mass is 10.0. The molecule has 1 heterocycles. The van der Waals surface area contributed by atoms with Crippen LogP contribution in [0.15, 0.2) is 30.5 Å². The number of anilines is 1. The first-order valence-corrected chi connectivity index (χ1v) is 6.64. The van der Waals surface area contributed by atoms with E-state index in [1.807, 2.05) is 12.1 Å². The number of hydrogen-bond donors (Lipinski definition) is 2. The number of ether oxygens (including phenoxy) is 1. The maximum Gasteiger partial charge on any atom is 0.197 e. The van der Waals surface area contributed by atoms with E-state index < -0.39 is 0 Å². The van der Waals surface area contributed by atoms with Crippen molar-refractivity contribution in [3.63, 3.8) is 0 Å². The Hall–Kier alpha value is -1.59. The molecule has 0 fully saturated rings. The second kappa shape index (κ2) is 5.84. The van der Waals surface area contributed by atoms with Crippen LogP contribution in [-0.2, 0) is 6.61 Å². The highest BCUT2D eigenvalue weighted by Gasteiger charge is 2.03. The summed E-state index contributed by atoms with van der Waals surface area (Å²) in [6.07, 6.45) is 1.77. The summed E-state index contributed by atoms with van der Waals surface area (Å²) < 4.78 is 5.69. The highest BCUT2D eigenvalue weighted by molar-refractivity contribution is 7.15. The summed E-state index contributed by atoms with van der Waals surface area (Å²) in [5.41, 5.74) is 3.83. The summed E-state index contributed by atoms with van der Waals surface area (Å²) in [6, 6.07) is 8.19. The number of nitrogen functional groups attached to an aromatic ring is 1. The second-order valence-electron chi connectivity index (χ2n) is 4.29. The lowest BCUT2D eigenvalue weighted by Crippen LogP contribution is -2.05. The molecule has 2 aromatic rings. The maximum absolute atomic E-state index is 5.69. The summed E-state index contributed by atoms with van der Waals surface area (Å²) in [5.74, 6) is 6.68. The molecule has 3 N–H and O–H groups in total. The Morgan fingerprint density at radius 2 is 2.06 bits per heavy atom. The third-order valence-corrected chi connectivity index (χ3v) is 3.51. The zero-order valence-corrected chi connectivity index (χ0v) is 11.3. The van der Waals surface area contributed by atoms with Crippen LogP contribution in [0.1, 0.15) is 30.2 Å². The van der Waals surface area contributed by atoms with Crippen molar-refractivity contribution in [3.8, 4) is 5.75 Å². The van der Waals surface area contributed by atoms with Crippen molar-refractivity contribution in [2.24, 2.45) is 5.84 Å². The fourth-order valence-electron chi connectivity index (χ4n) is 1.54. The maximum atomic E-state index is 5.69. The second-order valence-corrected chi connectivity index (χ2v) is 5.40. The zero-order chi connectivity index (χ0) is 13.0. The molecule has 1 aromatic carbocycles. The molecule has 18 heavy (non-hydrogen) atoms. The monoisotopic (exact) mass is 263 g/mol. The molecule has 1 aromatic heterocycles. The van der Waals surface area contributed by atoms with Crippen LogP contribution in [-0.4, -0.2) is 4.98 Å². The standard InChI is InChI=1S/C13H17N3OS/c1-9(2)10-3-5-11(6-4-10)17-8-12-7-15-13(16-14)18-12/h3-7,9H,8,14H2,1-2H3,(H,15,16). The highest BCUT2D eigenvalue weighted by atomic mass is 32.1. The van der Waals surface area contributed by atoms with Gasteiger partial charge in [-0.25, -0.2) is 10.8 Å². The third-order valence-electron chi connectivity index (χ3n) is 2.60. The van der Waals surface area contributed by atoms with Gasteiger partial charge in [-0.05, 0) is 23.6 Å². The molecular formula is C13H17N3OS. The van der Waals surface area contributed by atoms with E-state index in [2.05, 4.69) is 36.4 Å². The number of nitrogens with zero attached hydrogens (tertiary/aromatic N) is 1. The van der Waals surface area contributed by atoms with Crippen molar-refractivity contribution in [1.29, 1.82) is 0 Å². The lowest BCUT2D eigenvalue weighted by Gasteiger charge is -2.07. The number of benzene rings is 1. The van der Waals surface area contributed by atoms with Gasteiger partial charge in [0, 0.05) is 6.20 Å². The van der Waals surface area contributed by atoms with Crippen molar-refractivity contribution >= 4 is 16.5 Å². The fourth-order valence-corrected chi connectivity index (χ4v) is 2.18. The Morgan fingerprint density at radius 3 is 2.61 bits per heavy atom. The van der Waals surface area contributed by atoms with Crippen molar-refractivity contribution in [2.75, 3.05) is 5.43 Å². The van der Waals surface area contributed by atoms with Gasteiger partial charge in [0.2, 0.25) is 0 Å². The Bertz CT molecular complexity index is 493. The van der Waals surface area contributed by atoms with Crippen molar-refractivity contribution in [2.45, 2.75) is 26.4 Å². The molecule has 0 unspecified atom stereocenters. The fraction of sp³-hybridized carbons (Fsp3) is 0.308. The van der Waals surface area contributed by atoms with Gasteiger partial charge in [-0.15, -0.1) is 0 Å². The van der Waals surface area contributed by atoms with Gasteiger partial charge >= 0.3 is 0 Å². The number of thiazole rings is 1. The first-order chi connectivity index (χ1) is 8.69. The minimum absolute atomic E-state index is 0.514. The molecule has 0 spiro atoms. The number of aromatic nitrogens is 1. The van der Waals surface area contributed by atoms with Gasteiger partial charge in [0.1, 0.15) is 12.4 Å². The molecule has 0 amide bonds. The highest BCUT2D eigenvalue weighted by Crippen LogP contribution is 2.21. The molecule has 0 saturated carbocycles. The van der Waals surface area contributed by atoms with E-state index in [-0.39, 0.29) is 0 Å². The Balaban J connectivity index is 1.93. The quantitative estimate of drug-likeness (QED) is 0.642. The Labute approximate surface area is 111 Å². The summed E-state index contributed by atoms with van der Waals surface area (Å²) >= 11 is 1.49. The van der Waals surface area contributed by atoms with E-state index >= 15 is 0 Å². The molecule has 0 aliphatic carbocycles. The van der Waals surface area contributed by atoms with Gasteiger partial charge in [0.05, 0.1) is 4.88 Å². The lowest BCUT2D eigenvalue weighted by molar-refractivity contribution is 0.309. The van der Waals surface area contributed by atoms with E-state index in [1.165, 1.54) is 16.9 Å². The molecule has 2 rings (SSSR count). The molecule has 0 radical (unpaired) electrons. The van der Waals surface area contributed by atoms with E-state index in [0.717, 1.165) is 10.6 Å². The molecule has 96 valence electrons. The van der Waals surface area contributed by atoms with E-state index in [0.29, 0.717) is 17.7 Å². The topological polar surface area (TPSA) is 60.2 Å². The predicted octanol–water partition coefficient (Wildman–Crippen LogP) is 3.13. The predicted molar refractivity (Wildman–Crippen MR) is 74.8 cm³/mol. The van der Waals surface area contributed by atoms with Crippen LogP contribution < -0.4 is 16.0 Å². The molecule has 0 bridgehead atoms. The third kappa shape index (κ3) is 3.21. The van der Waals surface area contributed by atoms with Crippen molar-refractivity contribution in [3.05, 3.63) is 40.9 Å². The zero-order valence-electron chi connectivity index (χ0n) is 10.5. The molecule has 5 heteroatoms. The number of rotatable bonds is 5. The number of nitrogens with one attached hydrogen (secondary N) is 1. The van der Waals surface area contributed by atoms with Crippen LogP contribution in [0.5, 0.6) is 5.75 Å². The van der Waals surface area contributed by atoms with Gasteiger partial charge in [-0.3, -0.25) is 5.43 Å². The summed E-state index contributed by atoms with van der Waals surface area (Å²) in [5, 5.41) is 0.698. The number of hydrogen-bond acceptors (Lipinski definition) is 5. The van der Waals surface area contributed by atoms with Gasteiger partial charge < -0.3 is 4.74 Å². The molecule has 0 aliphatic rings. The van der Waals surface area contributed by atoms with Crippen LogP contribution in [0, 0.1) is 0 Å². The minimum atomic E-state index is 0.514. The normalized spacial score (nSPS) is 10.7. The summed E-state index contributed by atoms with van der Waals surface area (Å²) in [4.78, 5) is 5.12. The van der Waals surface area contributed by atoms with E-state index in [1.54, 1.807) is 6.20 Å². The first kappa shape index (κ1) is 12.9. The van der Waals surface area contributed by atoms with E-state index in [4.69, 9.17) is 10.6 Å². The average Bonchev–Trinajstić information content (AvgIpc) is 2.85. The van der Waals surface area contributed by atoms with Gasteiger partial charge in [0.25, 0.3) is 0 Å². The van der Waals surface area contributed by atoms with E-state index in [9.17, 15) is 0 Å². The van der Waals surface area contributed by atoms with Gasteiger partial charge in [0.15, 0.2) is 5.13 Å². The SMILES string of the molecule is CC(C)c1ccc(OCc2cnc(NN)s2)cc1. The van der Waals surface area contributed by atoms with Crippen molar-refractivity contribution in [1.82, 2.24) is 4.98 Å². The Morgan fingerprint density at radius 1 is 1.33 bits per heavy atom. The number of hydrazine groups is 1. The Kier molecular flexibility index (Phi) is 4.17. The molecule has 0 atom stereocenters. The molecule has 0 aliphatic heterocycles. The largest absolute Gasteiger partial charge is 0.488 e. The van der Waals surface area contributed by atoms with Gasteiger partial charge in [-0.2, -0.15) is 0 Å². The van der Waals surface area contributed by atoms with Gasteiger partial charge in [-0.1, -0.05) is 37.3 Å². The average molecular weight is 263 g/mol. The number of nitrogens with two attached hydrogens (primary N) is 1. The molecule has 0 saturated heterocycles. The smallest absolute Gasteiger partial charge is 0.197 e. The van der Waals surface area contributed by atoms with Crippen LogP contribution >= 0.6 is 11.3 Å². The van der Waals surface area contributed by atoms with Crippen LogP contribution in [0.4, 0.5) is 5.13 Å². The van der Waals surface area contributed by atoms with Crippen LogP contribution in [0.25, 0.3) is 0 Å². The molecular weight excluding hydrogens is 246 g/mol. The van der Waals surface area contributed by atoms with Crippen molar-refractivity contribution < 1.29 is 4.74 Å². The molecule has 4 nitrogen and oxygen atoms in total. The summed E-state index contributed by atoms with van der Waals surface area (Å²) in [6.45, 7) is 4.86. The van der Waals surface area contributed by atoms with Crippen LogP contribution in [0.2, 0.25) is 0 Å². The minimum Gasteiger partial charge on any atom is -0.488 e. The summed E-state index contributed by atoms with van der Waals surface area (Å²) in [7, 11) is 0.